The molecule has 1 aliphatic heterocycles. The summed E-state index contributed by atoms with van der Waals surface area (Å²) in [5.41, 5.74) is 0.361. The number of ether oxygens (including phenoxy) is 2. The number of esters is 1. The Hall–Kier alpha value is -2.91. The third-order valence-electron chi connectivity index (χ3n) is 4.36. The lowest BCUT2D eigenvalue weighted by molar-refractivity contribution is -0.139. The maximum absolute atomic E-state index is 14.4. The minimum Gasteiger partial charge on any atom is -0.463 e. The molecule has 1 aromatic heterocycles. The van der Waals surface area contributed by atoms with Crippen LogP contribution in [0.5, 0.6) is 0 Å². The van der Waals surface area contributed by atoms with Crippen molar-refractivity contribution in [1.29, 1.82) is 0 Å². The van der Waals surface area contributed by atoms with Gasteiger partial charge in [-0.25, -0.2) is 22.9 Å². The van der Waals surface area contributed by atoms with Gasteiger partial charge >= 0.3 is 5.97 Å². The molecule has 1 aromatic carbocycles. The molecule has 0 saturated carbocycles. The van der Waals surface area contributed by atoms with Crippen LogP contribution in [0.2, 0.25) is 5.02 Å². The molecule has 10 heteroatoms. The number of aliphatic imine (C=N–C) groups is 1. The normalized spacial score (nSPS) is 16.1. The van der Waals surface area contributed by atoms with Crippen molar-refractivity contribution in [1.82, 2.24) is 10.3 Å². The second kappa shape index (κ2) is 9.93. The monoisotopic (exact) mass is 453 g/mol. The number of aromatic nitrogens is 1. The summed E-state index contributed by atoms with van der Waals surface area (Å²) in [6.07, 6.45) is 0.843. The quantitative estimate of drug-likeness (QED) is 0.639. The summed E-state index contributed by atoms with van der Waals surface area (Å²) in [5, 5.41) is 2.86. The Balaban J connectivity index is 2.19. The zero-order chi connectivity index (χ0) is 22.5. The lowest BCUT2D eigenvalue weighted by Gasteiger charge is -2.28. The Kier molecular flexibility index (Phi) is 7.29. The number of hydrogen-bond donors (Lipinski definition) is 1. The van der Waals surface area contributed by atoms with Crippen LogP contribution in [0.25, 0.3) is 0 Å². The summed E-state index contributed by atoms with van der Waals surface area (Å²) < 4.78 is 52.0. The first kappa shape index (κ1) is 22.8. The standard InChI is InChI=1S/C21H19ClF3N3O3/c1-3-30-10-16-17(21(29)31-4-2)18(13-6-5-11(23)7-14(13)22)28-20(27-16)19-15(25)8-12(24)9-26-19/h5-9,18H,3-4,10H2,1-2H3,(H,27,28). The van der Waals surface area contributed by atoms with Gasteiger partial charge in [-0.2, -0.15) is 0 Å². The molecule has 1 N–H and O–H groups in total. The second-order valence-electron chi connectivity index (χ2n) is 6.40. The number of carbonyl (C=O) groups is 1. The van der Waals surface area contributed by atoms with Gasteiger partial charge in [-0.15, -0.1) is 0 Å². The topological polar surface area (TPSA) is 72.8 Å². The molecule has 2 heterocycles. The Morgan fingerprint density at radius 3 is 2.58 bits per heavy atom. The number of amidine groups is 1. The van der Waals surface area contributed by atoms with Crippen LogP contribution in [-0.2, 0) is 14.3 Å². The van der Waals surface area contributed by atoms with Crippen LogP contribution in [0, 0.1) is 17.5 Å². The Bertz CT molecular complexity index is 1060. The highest BCUT2D eigenvalue weighted by Crippen LogP contribution is 2.36. The summed E-state index contributed by atoms with van der Waals surface area (Å²) >= 11 is 6.23. The van der Waals surface area contributed by atoms with E-state index >= 15 is 0 Å². The Morgan fingerprint density at radius 1 is 1.16 bits per heavy atom. The Morgan fingerprint density at radius 2 is 1.94 bits per heavy atom. The molecule has 3 rings (SSSR count). The first-order valence-electron chi connectivity index (χ1n) is 9.44. The van der Waals surface area contributed by atoms with Crippen molar-refractivity contribution in [3.8, 4) is 0 Å². The molecule has 0 fully saturated rings. The molecular formula is C21H19ClF3N3O3. The maximum atomic E-state index is 14.4. The van der Waals surface area contributed by atoms with Gasteiger partial charge in [0.25, 0.3) is 0 Å². The van der Waals surface area contributed by atoms with E-state index in [1.165, 1.54) is 12.1 Å². The zero-order valence-electron chi connectivity index (χ0n) is 16.7. The fraction of sp³-hybridized carbons (Fsp3) is 0.286. The van der Waals surface area contributed by atoms with E-state index < -0.39 is 29.5 Å². The van der Waals surface area contributed by atoms with Crippen molar-refractivity contribution in [2.24, 2.45) is 4.99 Å². The van der Waals surface area contributed by atoms with Gasteiger partial charge in [0.1, 0.15) is 23.4 Å². The van der Waals surface area contributed by atoms with Gasteiger partial charge in [0.15, 0.2) is 11.7 Å². The number of nitrogens with one attached hydrogen (secondary N) is 1. The van der Waals surface area contributed by atoms with Gasteiger partial charge in [-0.05, 0) is 26.0 Å². The average molecular weight is 454 g/mol. The third-order valence-corrected chi connectivity index (χ3v) is 4.69. The minimum atomic E-state index is -1.06. The number of halogens is 4. The molecule has 0 saturated heterocycles. The lowest BCUT2D eigenvalue weighted by Crippen LogP contribution is -2.36. The molecule has 2 aromatic rings. The fourth-order valence-electron chi connectivity index (χ4n) is 3.02. The van der Waals surface area contributed by atoms with E-state index in [0.717, 1.165) is 12.3 Å². The van der Waals surface area contributed by atoms with E-state index in [-0.39, 0.29) is 41.0 Å². The van der Waals surface area contributed by atoms with Crippen LogP contribution < -0.4 is 5.32 Å². The van der Waals surface area contributed by atoms with Gasteiger partial charge < -0.3 is 14.8 Å². The van der Waals surface area contributed by atoms with Gasteiger partial charge in [0.05, 0.1) is 30.7 Å². The molecule has 0 radical (unpaired) electrons. The number of benzene rings is 1. The van der Waals surface area contributed by atoms with Crippen LogP contribution in [0.1, 0.15) is 31.1 Å². The first-order valence-corrected chi connectivity index (χ1v) is 9.82. The molecule has 1 atom stereocenters. The van der Waals surface area contributed by atoms with E-state index in [1.54, 1.807) is 13.8 Å². The minimum absolute atomic E-state index is 0.0140. The first-order chi connectivity index (χ1) is 14.8. The van der Waals surface area contributed by atoms with Gasteiger partial charge in [0.2, 0.25) is 0 Å². The summed E-state index contributed by atoms with van der Waals surface area (Å²) in [7, 11) is 0. The number of pyridine rings is 1. The Labute approximate surface area is 181 Å². The van der Waals surface area contributed by atoms with Crippen molar-refractivity contribution in [2.45, 2.75) is 19.9 Å². The third kappa shape index (κ3) is 5.05. The van der Waals surface area contributed by atoms with Crippen LogP contribution >= 0.6 is 11.6 Å². The number of rotatable bonds is 7. The highest BCUT2D eigenvalue weighted by Gasteiger charge is 2.34. The number of hydrogen-bond acceptors (Lipinski definition) is 6. The molecule has 6 nitrogen and oxygen atoms in total. The molecule has 0 spiro atoms. The highest BCUT2D eigenvalue weighted by atomic mass is 35.5. The number of nitrogens with zero attached hydrogens (tertiary/aromatic N) is 2. The molecule has 0 bridgehead atoms. The van der Waals surface area contributed by atoms with Gasteiger partial charge in [0, 0.05) is 23.3 Å². The molecule has 1 aliphatic rings. The van der Waals surface area contributed by atoms with Crippen LogP contribution in [0.4, 0.5) is 13.2 Å². The maximum Gasteiger partial charge on any atom is 0.338 e. The van der Waals surface area contributed by atoms with E-state index in [1.807, 2.05) is 0 Å². The molecule has 0 amide bonds. The largest absolute Gasteiger partial charge is 0.463 e. The van der Waals surface area contributed by atoms with E-state index in [4.69, 9.17) is 21.1 Å². The molecule has 1 unspecified atom stereocenters. The van der Waals surface area contributed by atoms with Crippen LogP contribution in [0.15, 0.2) is 46.7 Å². The SMILES string of the molecule is CCOCC1=C(C(=O)OCC)C(c2ccc(F)cc2Cl)N=C(c2ncc(F)cc2F)N1. The summed E-state index contributed by atoms with van der Waals surface area (Å²) in [6.45, 7) is 3.78. The van der Waals surface area contributed by atoms with E-state index in [9.17, 15) is 18.0 Å². The zero-order valence-corrected chi connectivity index (χ0v) is 17.5. The van der Waals surface area contributed by atoms with Crippen molar-refractivity contribution < 1.29 is 27.4 Å². The van der Waals surface area contributed by atoms with E-state index in [0.29, 0.717) is 18.2 Å². The molecule has 31 heavy (non-hydrogen) atoms. The average Bonchev–Trinajstić information content (AvgIpc) is 2.71. The highest BCUT2D eigenvalue weighted by molar-refractivity contribution is 6.31. The predicted octanol–water partition coefficient (Wildman–Crippen LogP) is 4.10. The summed E-state index contributed by atoms with van der Waals surface area (Å²) in [6, 6.07) is 3.22. The van der Waals surface area contributed by atoms with Crippen molar-refractivity contribution in [3.63, 3.8) is 0 Å². The summed E-state index contributed by atoms with van der Waals surface area (Å²) in [4.78, 5) is 21.0. The van der Waals surface area contributed by atoms with Crippen LogP contribution in [-0.4, -0.2) is 36.6 Å². The van der Waals surface area contributed by atoms with Crippen molar-refractivity contribution in [2.75, 3.05) is 19.8 Å². The molecule has 164 valence electrons. The number of carbonyl (C=O) groups excluding carboxylic acids is 1. The molecular weight excluding hydrogens is 435 g/mol. The van der Waals surface area contributed by atoms with Gasteiger partial charge in [-0.3, -0.25) is 4.99 Å². The molecule has 0 aliphatic carbocycles. The predicted molar refractivity (Wildman–Crippen MR) is 108 cm³/mol. The smallest absolute Gasteiger partial charge is 0.338 e. The lowest BCUT2D eigenvalue weighted by atomic mass is 9.95. The van der Waals surface area contributed by atoms with Crippen molar-refractivity contribution in [3.05, 3.63) is 75.5 Å². The second-order valence-corrected chi connectivity index (χ2v) is 6.81. The van der Waals surface area contributed by atoms with Crippen molar-refractivity contribution >= 4 is 23.4 Å². The fourth-order valence-corrected chi connectivity index (χ4v) is 3.29. The van der Waals surface area contributed by atoms with Gasteiger partial charge in [-0.1, -0.05) is 17.7 Å². The van der Waals surface area contributed by atoms with Crippen LogP contribution in [0.3, 0.4) is 0 Å². The van der Waals surface area contributed by atoms with E-state index in [2.05, 4.69) is 15.3 Å². The summed E-state index contributed by atoms with van der Waals surface area (Å²) in [5.74, 6) is -3.14.